The molecule has 1 saturated heterocycles. The summed E-state index contributed by atoms with van der Waals surface area (Å²) in [6.07, 6.45) is 1.71. The molecule has 0 amide bonds. The molecule has 4 rings (SSSR count). The maximum atomic E-state index is 13.7. The number of halogens is 2. The molecule has 10 heteroatoms. The quantitative estimate of drug-likeness (QED) is 0.701. The molecule has 30 heavy (non-hydrogen) atoms. The van der Waals surface area contributed by atoms with Gasteiger partial charge < -0.3 is 9.47 Å². The van der Waals surface area contributed by atoms with Crippen LogP contribution in [0.1, 0.15) is 16.6 Å². The molecule has 0 saturated carbocycles. The van der Waals surface area contributed by atoms with Crippen LogP contribution in [0.5, 0.6) is 0 Å². The smallest absolute Gasteiger partial charge is 0.342 e. The average Bonchev–Trinajstić information content (AvgIpc) is 3.28. The second-order valence-corrected chi connectivity index (χ2v) is 8.19. The highest BCUT2D eigenvalue weighted by molar-refractivity contribution is 7.11. The van der Waals surface area contributed by atoms with Gasteiger partial charge in [0.05, 0.1) is 26.9 Å². The zero-order chi connectivity index (χ0) is 21.1. The molecule has 7 nitrogen and oxygen atoms in total. The first kappa shape index (κ1) is 21.1. The summed E-state index contributed by atoms with van der Waals surface area (Å²) >= 11 is 7.81. The molecule has 1 fully saturated rings. The maximum absolute atomic E-state index is 13.7. The Kier molecular flexibility index (Phi) is 6.55. The SMILES string of the molecule is COC(=O)C1=C(CN2CCOCC2)[NH2+]C(c2nccs2)=NC1c1ccc(F)cc1Cl. The largest absolute Gasteiger partial charge is 0.465 e. The predicted octanol–water partition coefficient (Wildman–Crippen LogP) is 1.76. The van der Waals surface area contributed by atoms with E-state index in [0.717, 1.165) is 23.8 Å². The number of aromatic nitrogens is 1. The van der Waals surface area contributed by atoms with E-state index in [1.165, 1.54) is 30.6 Å². The Hall–Kier alpha value is -2.17. The Morgan fingerprint density at radius 3 is 2.90 bits per heavy atom. The minimum absolute atomic E-state index is 0.205. The van der Waals surface area contributed by atoms with Crippen molar-refractivity contribution in [3.05, 3.63) is 62.5 Å². The maximum Gasteiger partial charge on any atom is 0.342 e. The van der Waals surface area contributed by atoms with Crippen LogP contribution in [-0.4, -0.2) is 61.6 Å². The van der Waals surface area contributed by atoms with Gasteiger partial charge in [0, 0.05) is 35.3 Å². The van der Waals surface area contributed by atoms with E-state index in [2.05, 4.69) is 9.88 Å². The van der Waals surface area contributed by atoms with Gasteiger partial charge in [-0.05, 0) is 12.1 Å². The van der Waals surface area contributed by atoms with Gasteiger partial charge in [-0.15, -0.1) is 11.3 Å². The summed E-state index contributed by atoms with van der Waals surface area (Å²) in [5.74, 6) is -0.277. The van der Waals surface area contributed by atoms with Crippen molar-refractivity contribution in [2.24, 2.45) is 4.99 Å². The van der Waals surface area contributed by atoms with Crippen LogP contribution in [0.15, 0.2) is 46.0 Å². The second-order valence-electron chi connectivity index (χ2n) is 6.88. The third kappa shape index (κ3) is 4.45. The van der Waals surface area contributed by atoms with Crippen LogP contribution in [0.4, 0.5) is 4.39 Å². The van der Waals surface area contributed by atoms with Gasteiger partial charge in [0.15, 0.2) is 5.01 Å². The van der Waals surface area contributed by atoms with Crippen LogP contribution >= 0.6 is 22.9 Å². The Bertz CT molecular complexity index is 990. The number of nitrogens with two attached hydrogens (primary N) is 1. The third-order valence-electron chi connectivity index (χ3n) is 5.01. The van der Waals surface area contributed by atoms with E-state index in [0.29, 0.717) is 36.7 Å². The number of benzene rings is 1. The summed E-state index contributed by atoms with van der Waals surface area (Å²) in [6, 6.07) is 3.38. The van der Waals surface area contributed by atoms with Crippen molar-refractivity contribution in [1.82, 2.24) is 9.88 Å². The molecule has 3 heterocycles. The summed E-state index contributed by atoms with van der Waals surface area (Å²) < 4.78 is 24.2. The number of hydrogen-bond acceptors (Lipinski definition) is 7. The van der Waals surface area contributed by atoms with Crippen molar-refractivity contribution < 1.29 is 24.0 Å². The number of carbonyl (C=O) groups excluding carboxylic acids is 1. The Morgan fingerprint density at radius 1 is 1.43 bits per heavy atom. The van der Waals surface area contributed by atoms with Gasteiger partial charge in [0.25, 0.3) is 5.84 Å². The van der Waals surface area contributed by atoms with Crippen LogP contribution in [0, 0.1) is 5.82 Å². The van der Waals surface area contributed by atoms with E-state index in [1.54, 1.807) is 12.3 Å². The molecule has 2 aliphatic rings. The molecule has 1 atom stereocenters. The van der Waals surface area contributed by atoms with Crippen LogP contribution < -0.4 is 5.32 Å². The number of nitrogens with zero attached hydrogens (tertiary/aromatic N) is 3. The fourth-order valence-electron chi connectivity index (χ4n) is 3.56. The number of carbonyl (C=O) groups is 1. The van der Waals surface area contributed by atoms with Crippen molar-refractivity contribution in [3.63, 3.8) is 0 Å². The number of methoxy groups -OCH3 is 1. The highest BCUT2D eigenvalue weighted by Gasteiger charge is 2.37. The fourth-order valence-corrected chi connectivity index (χ4v) is 4.43. The molecule has 0 radical (unpaired) electrons. The number of rotatable bonds is 5. The lowest BCUT2D eigenvalue weighted by Gasteiger charge is -2.29. The number of hydrogen-bond donors (Lipinski definition) is 1. The van der Waals surface area contributed by atoms with Crippen molar-refractivity contribution in [2.75, 3.05) is 40.0 Å². The number of thiazole rings is 1. The molecule has 2 N–H and O–H groups in total. The lowest BCUT2D eigenvalue weighted by Crippen LogP contribution is -2.89. The van der Waals surface area contributed by atoms with Gasteiger partial charge >= 0.3 is 5.97 Å². The highest BCUT2D eigenvalue weighted by Crippen LogP contribution is 2.35. The molecule has 0 bridgehead atoms. The normalized spacial score (nSPS) is 20.2. The number of esters is 1. The topological polar surface area (TPSA) is 80.6 Å². The van der Waals surface area contributed by atoms with Crippen LogP contribution in [0.3, 0.4) is 0 Å². The number of amidine groups is 1. The zero-order valence-corrected chi connectivity index (χ0v) is 17.9. The average molecular weight is 452 g/mol. The molecule has 1 unspecified atom stereocenters. The minimum Gasteiger partial charge on any atom is -0.465 e. The molecule has 2 aliphatic heterocycles. The first-order valence-corrected chi connectivity index (χ1v) is 10.7. The van der Waals surface area contributed by atoms with Crippen LogP contribution in [0.2, 0.25) is 5.02 Å². The molecule has 1 aromatic heterocycles. The van der Waals surface area contributed by atoms with Gasteiger partial charge in [-0.2, -0.15) is 0 Å². The predicted molar refractivity (Wildman–Crippen MR) is 111 cm³/mol. The Labute approximate surface area is 182 Å². The van der Waals surface area contributed by atoms with Crippen LogP contribution in [0.25, 0.3) is 0 Å². The number of aliphatic imine (C=N–C) groups is 1. The summed E-state index contributed by atoms with van der Waals surface area (Å²) in [5, 5.41) is 4.69. The third-order valence-corrected chi connectivity index (χ3v) is 6.13. The molecule has 2 aromatic rings. The van der Waals surface area contributed by atoms with E-state index < -0.39 is 17.8 Å². The summed E-state index contributed by atoms with van der Waals surface area (Å²) in [4.78, 5) is 24.2. The number of ether oxygens (including phenoxy) is 2. The summed E-state index contributed by atoms with van der Waals surface area (Å²) in [7, 11) is 1.34. The van der Waals surface area contributed by atoms with Gasteiger partial charge in [0.2, 0.25) is 0 Å². The van der Waals surface area contributed by atoms with E-state index in [1.807, 2.05) is 10.7 Å². The van der Waals surface area contributed by atoms with E-state index in [-0.39, 0.29) is 5.02 Å². The lowest BCUT2D eigenvalue weighted by molar-refractivity contribution is -0.489. The van der Waals surface area contributed by atoms with Gasteiger partial charge in [-0.1, -0.05) is 17.7 Å². The van der Waals surface area contributed by atoms with E-state index in [9.17, 15) is 9.18 Å². The van der Waals surface area contributed by atoms with Gasteiger partial charge in [0.1, 0.15) is 23.1 Å². The highest BCUT2D eigenvalue weighted by atomic mass is 35.5. The van der Waals surface area contributed by atoms with Gasteiger partial charge in [-0.3, -0.25) is 10.2 Å². The zero-order valence-electron chi connectivity index (χ0n) is 16.3. The van der Waals surface area contributed by atoms with Crippen molar-refractivity contribution in [2.45, 2.75) is 6.04 Å². The number of quaternary nitrogens is 1. The van der Waals surface area contributed by atoms with Crippen molar-refractivity contribution >= 4 is 34.7 Å². The van der Waals surface area contributed by atoms with E-state index in [4.69, 9.17) is 26.1 Å². The van der Waals surface area contributed by atoms with E-state index >= 15 is 0 Å². The van der Waals surface area contributed by atoms with Crippen molar-refractivity contribution in [3.8, 4) is 0 Å². The molecule has 158 valence electrons. The lowest BCUT2D eigenvalue weighted by atomic mass is 9.95. The minimum atomic E-state index is -0.717. The van der Waals surface area contributed by atoms with Gasteiger partial charge in [-0.25, -0.2) is 19.2 Å². The molecule has 0 aliphatic carbocycles. The summed E-state index contributed by atoms with van der Waals surface area (Å²) in [5.41, 5.74) is 1.73. The number of morpholine rings is 1. The summed E-state index contributed by atoms with van der Waals surface area (Å²) in [6.45, 7) is 3.34. The molecular weight excluding hydrogens is 431 g/mol. The second kappa shape index (κ2) is 9.32. The monoisotopic (exact) mass is 451 g/mol. The molecule has 1 aromatic carbocycles. The van der Waals surface area contributed by atoms with Crippen molar-refractivity contribution in [1.29, 1.82) is 0 Å². The first-order chi connectivity index (χ1) is 14.6. The standard InChI is InChI=1S/C20H20ClFN4O3S/c1-28-20(27)16-15(11-26-5-7-29-8-6-26)24-18(19-23-4-9-30-19)25-17(16)13-3-2-12(22)10-14(13)21/h2-4,9-10,17H,5-8,11H2,1H3,(H,24,25)/p+1. The Balaban J connectivity index is 1.81. The molecular formula is C20H21ClFN4O3S+. The fraction of sp³-hybridized carbons (Fsp3) is 0.350. The molecule has 0 spiro atoms. The van der Waals surface area contributed by atoms with Crippen LogP contribution in [-0.2, 0) is 14.3 Å². The first-order valence-electron chi connectivity index (χ1n) is 9.45. The Morgan fingerprint density at radius 2 is 2.23 bits per heavy atom.